The normalized spacial score (nSPS) is 9.80. The first-order chi connectivity index (χ1) is 14.6. The summed E-state index contributed by atoms with van der Waals surface area (Å²) >= 11 is 0. The number of hydrogen-bond acceptors (Lipinski definition) is 11. The van der Waals surface area contributed by atoms with Gasteiger partial charge in [-0.3, -0.25) is 0 Å². The second kappa shape index (κ2) is 6.41. The van der Waals surface area contributed by atoms with Crippen LogP contribution in [0.15, 0.2) is 0 Å². The molecule has 132 valence electrons. The van der Waals surface area contributed by atoms with Gasteiger partial charge >= 0.3 is 5.95 Å². The van der Waals surface area contributed by atoms with Gasteiger partial charge in [-0.1, -0.05) is 0 Å². The van der Waals surface area contributed by atoms with Crippen LogP contribution in [0.3, 0.4) is 0 Å². The Kier molecular flexibility index (Phi) is 3.76. The number of rotatable bonds is 0. The second-order valence-corrected chi connectivity index (χ2v) is 5.50. The van der Waals surface area contributed by atoms with Gasteiger partial charge in [-0.2, -0.15) is 26.3 Å². The molecule has 0 aliphatic heterocycles. The number of nitriles is 5. The smallest absolute Gasteiger partial charge is 0.373 e. The van der Waals surface area contributed by atoms with Gasteiger partial charge in [0, 0.05) is 0 Å². The highest BCUT2D eigenvalue weighted by Crippen LogP contribution is 2.33. The standard InChI is InChI=1S/C18N12/c1-24-18-29-11(6-23)12-13-15(26-8(3-20)7(2-19)25-13)17-16(14(12)30-18)27-9(4-21)10(5-22)28-17. The van der Waals surface area contributed by atoms with Crippen molar-refractivity contribution in [1.29, 1.82) is 26.3 Å². The zero-order valence-corrected chi connectivity index (χ0v) is 14.4. The lowest BCUT2D eigenvalue weighted by atomic mass is 10.1. The average Bonchev–Trinajstić information content (AvgIpc) is 2.81. The van der Waals surface area contributed by atoms with Crippen molar-refractivity contribution in [3.8, 4) is 30.3 Å². The Bertz CT molecular complexity index is 1660. The van der Waals surface area contributed by atoms with E-state index in [-0.39, 0.29) is 67.4 Å². The van der Waals surface area contributed by atoms with Gasteiger partial charge in [0.2, 0.25) is 5.69 Å². The van der Waals surface area contributed by atoms with E-state index in [9.17, 15) is 26.3 Å². The van der Waals surface area contributed by atoms with E-state index in [1.807, 2.05) is 6.07 Å². The minimum absolute atomic E-state index is 0.0218. The Morgan fingerprint density at radius 2 is 0.867 bits per heavy atom. The van der Waals surface area contributed by atoms with Crippen LogP contribution in [0.2, 0.25) is 0 Å². The van der Waals surface area contributed by atoms with Crippen LogP contribution in [0.25, 0.3) is 37.8 Å². The number of nitrogens with zero attached hydrogens (tertiary/aromatic N) is 12. The number of aromatic nitrogens is 6. The van der Waals surface area contributed by atoms with Gasteiger partial charge in [-0.15, -0.1) is 16.5 Å². The molecule has 12 heteroatoms. The lowest BCUT2D eigenvalue weighted by Gasteiger charge is -2.08. The fourth-order valence-electron chi connectivity index (χ4n) is 2.83. The zero-order chi connectivity index (χ0) is 21.4. The van der Waals surface area contributed by atoms with E-state index in [4.69, 9.17) is 6.57 Å². The highest BCUT2D eigenvalue weighted by atomic mass is 15.0. The van der Waals surface area contributed by atoms with Crippen molar-refractivity contribution >= 4 is 38.9 Å². The molecular weight excluding hydrogens is 384 g/mol. The van der Waals surface area contributed by atoms with E-state index in [2.05, 4.69) is 34.7 Å². The Morgan fingerprint density at radius 1 is 0.500 bits per heavy atom. The SMILES string of the molecule is [C-]#[N+]c1nc(C#N)c2c(n1)c1nc(C#N)c(C#N)nc1c1nc(C#N)c(C#N)nc12. The summed E-state index contributed by atoms with van der Waals surface area (Å²) in [6.07, 6.45) is 0. The summed E-state index contributed by atoms with van der Waals surface area (Å²) in [7, 11) is 0. The predicted molar refractivity (Wildman–Crippen MR) is 95.6 cm³/mol. The van der Waals surface area contributed by atoms with Crippen molar-refractivity contribution < 1.29 is 0 Å². The highest BCUT2D eigenvalue weighted by Gasteiger charge is 2.25. The van der Waals surface area contributed by atoms with E-state index in [0.717, 1.165) is 0 Å². The Morgan fingerprint density at radius 3 is 1.27 bits per heavy atom. The van der Waals surface area contributed by atoms with Crippen molar-refractivity contribution in [3.63, 3.8) is 0 Å². The quantitative estimate of drug-likeness (QED) is 0.313. The first-order valence-corrected chi connectivity index (χ1v) is 7.75. The summed E-state index contributed by atoms with van der Waals surface area (Å²) in [5.41, 5.74) is -1.55. The van der Waals surface area contributed by atoms with Crippen molar-refractivity contribution in [2.45, 2.75) is 0 Å². The lowest BCUT2D eigenvalue weighted by molar-refractivity contribution is 1.17. The zero-order valence-electron chi connectivity index (χ0n) is 14.4. The molecule has 0 aliphatic rings. The van der Waals surface area contributed by atoms with Crippen LogP contribution >= 0.6 is 0 Å². The summed E-state index contributed by atoms with van der Waals surface area (Å²) in [5, 5.41) is 46.8. The summed E-state index contributed by atoms with van der Waals surface area (Å²) in [6, 6.07) is 8.85. The maximum absolute atomic E-state index is 9.56. The van der Waals surface area contributed by atoms with E-state index in [1.165, 1.54) is 0 Å². The molecule has 3 heterocycles. The summed E-state index contributed by atoms with van der Waals surface area (Å²) in [4.78, 5) is 27.6. The van der Waals surface area contributed by atoms with E-state index >= 15 is 0 Å². The van der Waals surface area contributed by atoms with Gasteiger partial charge in [-0.25, -0.2) is 19.9 Å². The third-order valence-corrected chi connectivity index (χ3v) is 4.00. The second-order valence-electron chi connectivity index (χ2n) is 5.50. The molecule has 0 N–H and O–H groups in total. The molecule has 0 saturated carbocycles. The Balaban J connectivity index is 2.46. The molecule has 12 nitrogen and oxygen atoms in total. The van der Waals surface area contributed by atoms with Gasteiger partial charge < -0.3 is 4.85 Å². The molecule has 0 unspecified atom stereocenters. The minimum Gasteiger partial charge on any atom is -0.394 e. The largest absolute Gasteiger partial charge is 0.394 e. The first-order valence-electron chi connectivity index (χ1n) is 7.75. The molecule has 0 amide bonds. The molecule has 30 heavy (non-hydrogen) atoms. The molecule has 0 aliphatic carbocycles. The van der Waals surface area contributed by atoms with Crippen molar-refractivity contribution in [1.82, 2.24) is 29.9 Å². The third kappa shape index (κ3) is 2.27. The Labute approximate surface area is 166 Å². The number of fused-ring (bicyclic) bond motifs is 6. The summed E-state index contributed by atoms with van der Waals surface area (Å²) < 4.78 is 0. The molecule has 0 atom stereocenters. The molecule has 0 bridgehead atoms. The van der Waals surface area contributed by atoms with Gasteiger partial charge in [0.1, 0.15) is 52.4 Å². The third-order valence-electron chi connectivity index (χ3n) is 4.00. The maximum Gasteiger partial charge on any atom is 0.373 e. The van der Waals surface area contributed by atoms with Gasteiger partial charge in [0.25, 0.3) is 0 Å². The summed E-state index contributed by atoms with van der Waals surface area (Å²) in [6.45, 7) is 7.17. The maximum atomic E-state index is 9.56. The molecule has 1 aromatic carbocycles. The van der Waals surface area contributed by atoms with Crippen LogP contribution in [0.1, 0.15) is 28.5 Å². The van der Waals surface area contributed by atoms with E-state index < -0.39 is 0 Å². The molecular formula is C18N12. The lowest BCUT2D eigenvalue weighted by Crippen LogP contribution is -2.04. The fraction of sp³-hybridized carbons (Fsp3) is 0. The van der Waals surface area contributed by atoms with Crippen molar-refractivity contribution in [3.05, 3.63) is 39.9 Å². The van der Waals surface area contributed by atoms with Crippen LogP contribution in [0, 0.1) is 63.2 Å². The molecule has 4 rings (SSSR count). The van der Waals surface area contributed by atoms with Crippen LogP contribution in [-0.2, 0) is 0 Å². The summed E-state index contributed by atoms with van der Waals surface area (Å²) in [5.74, 6) is -0.355. The molecule has 0 spiro atoms. The molecule has 4 aromatic rings. The van der Waals surface area contributed by atoms with Crippen molar-refractivity contribution in [2.75, 3.05) is 0 Å². The minimum atomic E-state index is -0.355. The first kappa shape index (κ1) is 17.6. The van der Waals surface area contributed by atoms with Gasteiger partial charge in [-0.05, 0) is 0 Å². The van der Waals surface area contributed by atoms with Crippen LogP contribution < -0.4 is 0 Å². The molecule has 0 fully saturated rings. The van der Waals surface area contributed by atoms with Crippen molar-refractivity contribution in [2.24, 2.45) is 0 Å². The number of hydrogen-bond donors (Lipinski definition) is 0. The molecule has 0 saturated heterocycles. The predicted octanol–water partition coefficient (Wildman–Crippen LogP) is 1.43. The van der Waals surface area contributed by atoms with Crippen LogP contribution in [0.4, 0.5) is 5.95 Å². The van der Waals surface area contributed by atoms with Crippen LogP contribution in [-0.4, -0.2) is 29.9 Å². The monoisotopic (exact) mass is 384 g/mol. The Hall–Kier alpha value is -5.82. The van der Waals surface area contributed by atoms with E-state index in [1.54, 1.807) is 24.3 Å². The molecule has 0 radical (unpaired) electrons. The number of benzene rings is 1. The van der Waals surface area contributed by atoms with Gasteiger partial charge in [0.05, 0.1) is 5.39 Å². The van der Waals surface area contributed by atoms with E-state index in [0.29, 0.717) is 0 Å². The highest BCUT2D eigenvalue weighted by molar-refractivity contribution is 6.20. The van der Waals surface area contributed by atoms with Gasteiger partial charge in [0.15, 0.2) is 28.3 Å². The molecule has 3 aromatic heterocycles. The average molecular weight is 384 g/mol. The topological polar surface area (TPSA) is 201 Å². The fourth-order valence-corrected chi connectivity index (χ4v) is 2.83. The van der Waals surface area contributed by atoms with Crippen LogP contribution in [0.5, 0.6) is 0 Å².